The first-order valence-electron chi connectivity index (χ1n) is 9.89. The van der Waals surface area contributed by atoms with Gasteiger partial charge in [-0.25, -0.2) is 0 Å². The van der Waals surface area contributed by atoms with Gasteiger partial charge in [-0.3, -0.25) is 14.5 Å². The summed E-state index contributed by atoms with van der Waals surface area (Å²) in [5.41, 5.74) is 1.12. The van der Waals surface area contributed by atoms with E-state index in [4.69, 9.17) is 9.47 Å². The zero-order valence-corrected chi connectivity index (χ0v) is 16.6. The van der Waals surface area contributed by atoms with Gasteiger partial charge in [0.25, 0.3) is 0 Å². The summed E-state index contributed by atoms with van der Waals surface area (Å²) in [5.74, 6) is 0.534. The van der Waals surface area contributed by atoms with Crippen LogP contribution in [0.4, 0.5) is 5.69 Å². The maximum absolute atomic E-state index is 12.4. The molecule has 1 aromatic carbocycles. The molecule has 2 aliphatic heterocycles. The lowest BCUT2D eigenvalue weighted by Gasteiger charge is -2.36. The molecule has 1 N–H and O–H groups in total. The van der Waals surface area contributed by atoms with E-state index in [2.05, 4.69) is 15.1 Å². The van der Waals surface area contributed by atoms with Crippen LogP contribution >= 0.6 is 0 Å². The summed E-state index contributed by atoms with van der Waals surface area (Å²) in [4.78, 5) is 30.7. The Morgan fingerprint density at radius 3 is 2.36 bits per heavy atom. The summed E-state index contributed by atoms with van der Waals surface area (Å²) < 4.78 is 10.5. The molecule has 0 aromatic heterocycles. The predicted octanol–water partition coefficient (Wildman–Crippen LogP) is 0.182. The highest BCUT2D eigenvalue weighted by Crippen LogP contribution is 2.20. The lowest BCUT2D eigenvalue weighted by molar-refractivity contribution is -0.136. The van der Waals surface area contributed by atoms with E-state index < -0.39 is 0 Å². The molecule has 2 heterocycles. The highest BCUT2D eigenvalue weighted by Gasteiger charge is 2.23. The first-order chi connectivity index (χ1) is 13.7. The number of ether oxygens (including phenoxy) is 2. The summed E-state index contributed by atoms with van der Waals surface area (Å²) in [6, 6.07) is 7.93. The van der Waals surface area contributed by atoms with E-state index in [0.29, 0.717) is 19.6 Å². The van der Waals surface area contributed by atoms with Crippen molar-refractivity contribution >= 4 is 17.5 Å². The topological polar surface area (TPSA) is 74.4 Å². The van der Waals surface area contributed by atoms with Crippen LogP contribution in [0.5, 0.6) is 5.75 Å². The van der Waals surface area contributed by atoms with Gasteiger partial charge in [0.05, 0.1) is 20.3 Å². The van der Waals surface area contributed by atoms with Gasteiger partial charge in [0, 0.05) is 58.0 Å². The molecule has 0 saturated carbocycles. The van der Waals surface area contributed by atoms with Crippen LogP contribution in [-0.4, -0.2) is 94.3 Å². The van der Waals surface area contributed by atoms with Crippen molar-refractivity contribution in [1.82, 2.24) is 15.1 Å². The smallest absolute Gasteiger partial charge is 0.232 e. The summed E-state index contributed by atoms with van der Waals surface area (Å²) in [5, 5.41) is 2.85. The zero-order valence-electron chi connectivity index (χ0n) is 16.6. The fourth-order valence-electron chi connectivity index (χ4n) is 3.50. The number of piperazine rings is 1. The van der Waals surface area contributed by atoms with E-state index in [0.717, 1.165) is 57.4 Å². The average molecular weight is 390 g/mol. The highest BCUT2D eigenvalue weighted by molar-refractivity contribution is 5.97. The molecule has 154 valence electrons. The third-order valence-electron chi connectivity index (χ3n) is 5.24. The van der Waals surface area contributed by atoms with Gasteiger partial charge >= 0.3 is 0 Å². The summed E-state index contributed by atoms with van der Waals surface area (Å²) in [6.07, 6.45) is -0.0777. The van der Waals surface area contributed by atoms with E-state index in [1.807, 2.05) is 24.3 Å². The molecule has 2 amide bonds. The van der Waals surface area contributed by atoms with Gasteiger partial charge in [-0.15, -0.1) is 0 Å². The molecule has 0 bridgehead atoms. The standard InChI is InChI=1S/C20H30N4O4/c1-27-18-4-2-17(3-5-18)23-8-10-24(11-9-23)20(26)16-19(25)21-6-7-22-12-14-28-15-13-22/h2-5H,6-16H2,1H3,(H,21,25). The quantitative estimate of drug-likeness (QED) is 0.670. The van der Waals surface area contributed by atoms with Crippen molar-refractivity contribution in [2.45, 2.75) is 6.42 Å². The number of carbonyl (C=O) groups is 2. The monoisotopic (exact) mass is 390 g/mol. The van der Waals surface area contributed by atoms with Gasteiger partial charge < -0.3 is 24.6 Å². The zero-order chi connectivity index (χ0) is 19.8. The molecule has 0 radical (unpaired) electrons. The molecule has 8 heteroatoms. The van der Waals surface area contributed by atoms with Crippen molar-refractivity contribution in [1.29, 1.82) is 0 Å². The molecule has 28 heavy (non-hydrogen) atoms. The van der Waals surface area contributed by atoms with Crippen molar-refractivity contribution in [3.8, 4) is 5.75 Å². The Hall–Kier alpha value is -2.32. The number of anilines is 1. The number of hydrogen-bond donors (Lipinski definition) is 1. The molecule has 0 unspecified atom stereocenters. The van der Waals surface area contributed by atoms with Crippen molar-refractivity contribution in [3.63, 3.8) is 0 Å². The number of rotatable bonds is 7. The molecule has 2 aliphatic rings. The Kier molecular flexibility index (Phi) is 7.50. The van der Waals surface area contributed by atoms with E-state index >= 15 is 0 Å². The van der Waals surface area contributed by atoms with E-state index in [1.54, 1.807) is 12.0 Å². The number of benzene rings is 1. The second-order valence-electron chi connectivity index (χ2n) is 7.05. The van der Waals surface area contributed by atoms with Crippen LogP contribution in [0.1, 0.15) is 6.42 Å². The van der Waals surface area contributed by atoms with Crippen molar-refractivity contribution in [3.05, 3.63) is 24.3 Å². The van der Waals surface area contributed by atoms with Crippen LogP contribution in [0.25, 0.3) is 0 Å². The summed E-state index contributed by atoms with van der Waals surface area (Å²) in [6.45, 7) is 7.43. The Labute approximate surface area is 166 Å². The van der Waals surface area contributed by atoms with E-state index in [1.165, 1.54) is 0 Å². The van der Waals surface area contributed by atoms with Gasteiger partial charge in [-0.2, -0.15) is 0 Å². The minimum atomic E-state index is -0.198. The maximum atomic E-state index is 12.4. The van der Waals surface area contributed by atoms with Crippen molar-refractivity contribution in [2.75, 3.05) is 77.6 Å². The molecular formula is C20H30N4O4. The van der Waals surface area contributed by atoms with Gasteiger partial charge in [0.1, 0.15) is 12.2 Å². The van der Waals surface area contributed by atoms with E-state index in [9.17, 15) is 9.59 Å². The second-order valence-corrected chi connectivity index (χ2v) is 7.05. The normalized spacial score (nSPS) is 18.0. The third-order valence-corrected chi connectivity index (χ3v) is 5.24. The van der Waals surface area contributed by atoms with Gasteiger partial charge in [-0.1, -0.05) is 0 Å². The van der Waals surface area contributed by atoms with E-state index in [-0.39, 0.29) is 18.2 Å². The molecule has 8 nitrogen and oxygen atoms in total. The molecule has 0 aliphatic carbocycles. The lowest BCUT2D eigenvalue weighted by atomic mass is 10.2. The molecule has 3 rings (SSSR count). The molecule has 0 spiro atoms. The number of amides is 2. The minimum absolute atomic E-state index is 0.0777. The Bertz CT molecular complexity index is 638. The number of morpholine rings is 1. The van der Waals surface area contributed by atoms with Crippen LogP contribution in [0.3, 0.4) is 0 Å². The van der Waals surface area contributed by atoms with Crippen molar-refractivity contribution < 1.29 is 19.1 Å². The number of nitrogens with zero attached hydrogens (tertiary/aromatic N) is 3. The van der Waals surface area contributed by atoms with Gasteiger partial charge in [0.15, 0.2) is 0 Å². The number of nitrogens with one attached hydrogen (secondary N) is 1. The predicted molar refractivity (Wildman–Crippen MR) is 107 cm³/mol. The minimum Gasteiger partial charge on any atom is -0.497 e. The lowest BCUT2D eigenvalue weighted by Crippen LogP contribution is -2.49. The van der Waals surface area contributed by atoms with Crippen LogP contribution < -0.4 is 15.0 Å². The molecule has 1 aromatic rings. The summed E-state index contributed by atoms with van der Waals surface area (Å²) >= 11 is 0. The largest absolute Gasteiger partial charge is 0.497 e. The average Bonchev–Trinajstić information content (AvgIpc) is 2.74. The maximum Gasteiger partial charge on any atom is 0.232 e. The first-order valence-corrected chi connectivity index (χ1v) is 9.89. The van der Waals surface area contributed by atoms with Gasteiger partial charge in [-0.05, 0) is 24.3 Å². The molecular weight excluding hydrogens is 360 g/mol. The van der Waals surface area contributed by atoms with Crippen LogP contribution in [0, 0.1) is 0 Å². The fourth-order valence-corrected chi connectivity index (χ4v) is 3.50. The SMILES string of the molecule is COc1ccc(N2CCN(C(=O)CC(=O)NCCN3CCOCC3)CC2)cc1. The number of carbonyl (C=O) groups excluding carboxylic acids is 2. The summed E-state index contributed by atoms with van der Waals surface area (Å²) in [7, 11) is 1.65. The second kappa shape index (κ2) is 10.3. The Balaban J connectivity index is 1.35. The van der Waals surface area contributed by atoms with Crippen LogP contribution in [0.2, 0.25) is 0 Å². The molecule has 2 saturated heterocycles. The number of hydrogen-bond acceptors (Lipinski definition) is 6. The highest BCUT2D eigenvalue weighted by atomic mass is 16.5. The van der Waals surface area contributed by atoms with Gasteiger partial charge in [0.2, 0.25) is 11.8 Å². The Morgan fingerprint density at radius 1 is 1.04 bits per heavy atom. The molecule has 2 fully saturated rings. The van der Waals surface area contributed by atoms with Crippen LogP contribution in [-0.2, 0) is 14.3 Å². The molecule has 0 atom stereocenters. The number of methoxy groups -OCH3 is 1. The third kappa shape index (κ3) is 5.84. The van der Waals surface area contributed by atoms with Crippen molar-refractivity contribution in [2.24, 2.45) is 0 Å². The van der Waals surface area contributed by atoms with Crippen LogP contribution in [0.15, 0.2) is 24.3 Å². The fraction of sp³-hybridized carbons (Fsp3) is 0.600. The Morgan fingerprint density at radius 2 is 1.71 bits per heavy atom. The first kappa shape index (κ1) is 20.4.